The van der Waals surface area contributed by atoms with Gasteiger partial charge in [-0.1, -0.05) is 104 Å². The lowest BCUT2D eigenvalue weighted by atomic mass is 10.0. The lowest BCUT2D eigenvalue weighted by Gasteiger charge is -2.23. The van der Waals surface area contributed by atoms with Crippen LogP contribution in [0.4, 0.5) is 0 Å². The van der Waals surface area contributed by atoms with Crippen molar-refractivity contribution in [3.8, 4) is 0 Å². The van der Waals surface area contributed by atoms with Gasteiger partial charge in [-0.05, 0) is 49.4 Å². The zero-order valence-corrected chi connectivity index (χ0v) is 19.3. The quantitative estimate of drug-likeness (QED) is 0.279. The average molecular weight is 375 g/mol. The summed E-state index contributed by atoms with van der Waals surface area (Å²) >= 11 is 0. The average Bonchev–Trinajstić information content (AvgIpc) is 2.52. The van der Waals surface area contributed by atoms with E-state index in [1.165, 1.54) is 0 Å². The molecule has 0 bridgehead atoms. The molecule has 0 aliphatic carbocycles. The third-order valence-electron chi connectivity index (χ3n) is 4.12. The lowest BCUT2D eigenvalue weighted by molar-refractivity contribution is 0.0199. The van der Waals surface area contributed by atoms with Crippen LogP contribution in [0.15, 0.2) is 48.6 Å². The summed E-state index contributed by atoms with van der Waals surface area (Å²) < 4.78 is 6.49. The van der Waals surface area contributed by atoms with E-state index in [-0.39, 0.29) is 12.2 Å². The van der Waals surface area contributed by atoms with E-state index in [1.807, 2.05) is 0 Å². The van der Waals surface area contributed by atoms with Crippen molar-refractivity contribution in [3.05, 3.63) is 48.6 Å². The first kappa shape index (κ1) is 25.9. The second-order valence-electron chi connectivity index (χ2n) is 9.36. The first-order valence-electron chi connectivity index (χ1n) is 11.0. The molecule has 0 aromatic heterocycles. The van der Waals surface area contributed by atoms with Gasteiger partial charge in [-0.25, -0.2) is 0 Å². The highest BCUT2D eigenvalue weighted by Crippen LogP contribution is 2.18. The molecule has 156 valence electrons. The maximum Gasteiger partial charge on any atom is 0.0769 e. The molecule has 0 rings (SSSR count). The third-order valence-corrected chi connectivity index (χ3v) is 4.12. The first-order chi connectivity index (χ1) is 12.7. The highest BCUT2D eigenvalue weighted by molar-refractivity contribution is 5.08. The van der Waals surface area contributed by atoms with Gasteiger partial charge in [-0.3, -0.25) is 0 Å². The van der Waals surface area contributed by atoms with Crippen LogP contribution in [0.5, 0.6) is 0 Å². The van der Waals surface area contributed by atoms with Crippen molar-refractivity contribution < 1.29 is 4.74 Å². The van der Waals surface area contributed by atoms with Crippen LogP contribution in [0.3, 0.4) is 0 Å². The van der Waals surface area contributed by atoms with Crippen molar-refractivity contribution in [2.75, 3.05) is 0 Å². The molecule has 0 heterocycles. The van der Waals surface area contributed by atoms with Gasteiger partial charge >= 0.3 is 0 Å². The summed E-state index contributed by atoms with van der Waals surface area (Å²) in [7, 11) is 0. The third kappa shape index (κ3) is 18.1. The highest BCUT2D eigenvalue weighted by Gasteiger charge is 2.15. The smallest absolute Gasteiger partial charge is 0.0769 e. The van der Waals surface area contributed by atoms with E-state index in [1.54, 1.807) is 0 Å². The van der Waals surface area contributed by atoms with E-state index in [0.29, 0.717) is 23.7 Å². The molecule has 1 nitrogen and oxygen atoms in total. The number of hydrogen-bond donors (Lipinski definition) is 0. The molecule has 0 aliphatic rings. The molecular formula is C26H46O. The van der Waals surface area contributed by atoms with Crippen molar-refractivity contribution in [1.82, 2.24) is 0 Å². The largest absolute Gasteiger partial charge is 0.367 e. The SMILES string of the molecule is CC(C)C/C=C\C=C\C(CC(C)C)OC(/C=C/C=C\CC(C)C)CC(C)C. The molecule has 0 amide bonds. The fourth-order valence-corrected chi connectivity index (χ4v) is 2.75. The summed E-state index contributed by atoms with van der Waals surface area (Å²) in [5.41, 5.74) is 0. The van der Waals surface area contributed by atoms with Crippen molar-refractivity contribution in [3.63, 3.8) is 0 Å². The van der Waals surface area contributed by atoms with Gasteiger partial charge in [0.1, 0.15) is 0 Å². The molecular weight excluding hydrogens is 328 g/mol. The Bertz CT molecular complexity index is 407. The molecule has 2 atom stereocenters. The van der Waals surface area contributed by atoms with Crippen LogP contribution in [0.1, 0.15) is 81.1 Å². The van der Waals surface area contributed by atoms with Crippen LogP contribution < -0.4 is 0 Å². The molecule has 0 saturated heterocycles. The molecule has 0 spiro atoms. The van der Waals surface area contributed by atoms with E-state index >= 15 is 0 Å². The zero-order valence-electron chi connectivity index (χ0n) is 19.3. The van der Waals surface area contributed by atoms with E-state index in [2.05, 4.69) is 104 Å². The standard InChI is InChI=1S/C26H46O/c1-21(2)15-11-9-13-17-25(19-23(5)6)27-26(20-24(7)8)18-14-10-12-16-22(3)4/h9-14,17-18,21-26H,15-16,19-20H2,1-8H3/b11-9-,12-10-,17-13+,18-14+. The van der Waals surface area contributed by atoms with Gasteiger partial charge in [0.15, 0.2) is 0 Å². The number of ether oxygens (including phenoxy) is 1. The second kappa shape index (κ2) is 15.9. The Hall–Kier alpha value is -1.08. The Balaban J connectivity index is 4.91. The van der Waals surface area contributed by atoms with Gasteiger partial charge in [0, 0.05) is 0 Å². The fourth-order valence-electron chi connectivity index (χ4n) is 2.75. The molecule has 0 aromatic carbocycles. The summed E-state index contributed by atoms with van der Waals surface area (Å²) in [6, 6.07) is 0. The highest BCUT2D eigenvalue weighted by atomic mass is 16.5. The van der Waals surface area contributed by atoms with E-state index in [4.69, 9.17) is 4.74 Å². The van der Waals surface area contributed by atoms with Crippen molar-refractivity contribution in [1.29, 1.82) is 0 Å². The Morgan fingerprint density at radius 1 is 0.519 bits per heavy atom. The number of rotatable bonds is 14. The Morgan fingerprint density at radius 3 is 1.19 bits per heavy atom. The Labute approximate surface area is 170 Å². The van der Waals surface area contributed by atoms with E-state index in [0.717, 1.165) is 25.7 Å². The summed E-state index contributed by atoms with van der Waals surface area (Å²) in [5, 5.41) is 0. The zero-order chi connectivity index (χ0) is 20.7. The second-order valence-corrected chi connectivity index (χ2v) is 9.36. The van der Waals surface area contributed by atoms with Crippen LogP contribution >= 0.6 is 0 Å². The van der Waals surface area contributed by atoms with Gasteiger partial charge in [-0.2, -0.15) is 0 Å². The van der Waals surface area contributed by atoms with Crippen LogP contribution in [-0.4, -0.2) is 12.2 Å². The van der Waals surface area contributed by atoms with E-state index in [9.17, 15) is 0 Å². The molecule has 0 aliphatic heterocycles. The maximum atomic E-state index is 6.49. The normalized spacial score (nSPS) is 15.9. The molecule has 0 N–H and O–H groups in total. The molecule has 0 fully saturated rings. The predicted molar refractivity (Wildman–Crippen MR) is 123 cm³/mol. The van der Waals surface area contributed by atoms with Crippen molar-refractivity contribution in [2.45, 2.75) is 93.3 Å². The molecule has 27 heavy (non-hydrogen) atoms. The lowest BCUT2D eigenvalue weighted by Crippen LogP contribution is -2.22. The van der Waals surface area contributed by atoms with Crippen LogP contribution in [0.2, 0.25) is 0 Å². The van der Waals surface area contributed by atoms with Gasteiger partial charge in [0.05, 0.1) is 12.2 Å². The first-order valence-corrected chi connectivity index (χ1v) is 11.0. The summed E-state index contributed by atoms with van der Waals surface area (Å²) in [5.74, 6) is 2.66. The van der Waals surface area contributed by atoms with E-state index < -0.39 is 0 Å². The van der Waals surface area contributed by atoms with Crippen LogP contribution in [0, 0.1) is 23.7 Å². The number of allylic oxidation sites excluding steroid dienone is 6. The van der Waals surface area contributed by atoms with Gasteiger partial charge in [0.2, 0.25) is 0 Å². The minimum Gasteiger partial charge on any atom is -0.367 e. The molecule has 0 saturated carbocycles. The van der Waals surface area contributed by atoms with Gasteiger partial charge < -0.3 is 4.74 Å². The summed E-state index contributed by atoms with van der Waals surface area (Å²) in [4.78, 5) is 0. The summed E-state index contributed by atoms with van der Waals surface area (Å²) in [6.45, 7) is 18.0. The van der Waals surface area contributed by atoms with Gasteiger partial charge in [-0.15, -0.1) is 0 Å². The number of hydrogen-bond acceptors (Lipinski definition) is 1. The van der Waals surface area contributed by atoms with Gasteiger partial charge in [0.25, 0.3) is 0 Å². The molecule has 1 heteroatoms. The van der Waals surface area contributed by atoms with Crippen molar-refractivity contribution >= 4 is 0 Å². The Kier molecular flexibility index (Phi) is 15.3. The topological polar surface area (TPSA) is 9.23 Å². The molecule has 0 radical (unpaired) electrons. The monoisotopic (exact) mass is 374 g/mol. The minimum absolute atomic E-state index is 0.168. The van der Waals surface area contributed by atoms with Crippen LogP contribution in [-0.2, 0) is 4.74 Å². The minimum atomic E-state index is 0.168. The Morgan fingerprint density at radius 2 is 0.889 bits per heavy atom. The summed E-state index contributed by atoms with van der Waals surface area (Å²) in [6.07, 6.45) is 22.3. The predicted octanol–water partition coefficient (Wildman–Crippen LogP) is 8.15. The van der Waals surface area contributed by atoms with Crippen molar-refractivity contribution in [2.24, 2.45) is 23.7 Å². The fraction of sp³-hybridized carbons (Fsp3) is 0.692. The van der Waals surface area contributed by atoms with Crippen LogP contribution in [0.25, 0.3) is 0 Å². The maximum absolute atomic E-state index is 6.49. The molecule has 2 unspecified atom stereocenters. The molecule has 0 aromatic rings.